The lowest BCUT2D eigenvalue weighted by molar-refractivity contribution is 0.302. The van der Waals surface area contributed by atoms with Crippen LogP contribution in [-0.2, 0) is 29.5 Å². The minimum atomic E-state index is -3.81. The van der Waals surface area contributed by atoms with Gasteiger partial charge in [-0.2, -0.15) is 9.57 Å². The van der Waals surface area contributed by atoms with Crippen molar-refractivity contribution in [2.24, 2.45) is 0 Å². The van der Waals surface area contributed by atoms with Crippen LogP contribution in [0.2, 0.25) is 0 Å². The predicted molar refractivity (Wildman–Crippen MR) is 151 cm³/mol. The summed E-state index contributed by atoms with van der Waals surface area (Å²) in [6.07, 6.45) is 3.94. The molecular weight excluding hydrogens is 518 g/mol. The van der Waals surface area contributed by atoms with Crippen molar-refractivity contribution in [2.45, 2.75) is 44.3 Å². The van der Waals surface area contributed by atoms with E-state index in [1.807, 2.05) is 50.2 Å². The highest BCUT2D eigenvalue weighted by atomic mass is 35.5. The van der Waals surface area contributed by atoms with Crippen LogP contribution in [0.3, 0.4) is 0 Å². The van der Waals surface area contributed by atoms with Gasteiger partial charge in [-0.1, -0.05) is 42.0 Å². The number of rotatable bonds is 7. The molecule has 3 aromatic carbocycles. The Balaban J connectivity index is 0.00000336. The first kappa shape index (κ1) is 27.4. The Morgan fingerprint density at radius 3 is 2.61 bits per heavy atom. The van der Waals surface area contributed by atoms with E-state index in [1.165, 1.54) is 0 Å². The maximum atomic E-state index is 14.1. The van der Waals surface area contributed by atoms with Crippen LogP contribution >= 0.6 is 12.4 Å². The fourth-order valence-corrected chi connectivity index (χ4v) is 6.61. The van der Waals surface area contributed by atoms with E-state index in [2.05, 4.69) is 27.0 Å². The standard InChI is InChI=1S/C29H29N5O2S.ClH/c1-21-8-9-22(2)25(12-21)17-34(37(35,36)28-6-4-3-5-7-28)27-14-24-13-23(15-30)10-11-29(24)33(19-27)18-26-16-31-20-32-26;/h3-13,16,20,27H,14,17-19H2,1-2H3,(H,31,32);1H. The molecule has 0 saturated carbocycles. The van der Waals surface area contributed by atoms with E-state index < -0.39 is 10.0 Å². The van der Waals surface area contributed by atoms with E-state index in [9.17, 15) is 13.7 Å². The molecule has 0 fully saturated rings. The third-order valence-corrected chi connectivity index (χ3v) is 8.85. The second-order valence-corrected chi connectivity index (χ2v) is 11.5. The van der Waals surface area contributed by atoms with Gasteiger partial charge in [0, 0.05) is 31.0 Å². The fraction of sp³-hybridized carbons (Fsp3) is 0.241. The molecule has 1 atom stereocenters. The van der Waals surface area contributed by atoms with Crippen molar-refractivity contribution in [2.75, 3.05) is 11.4 Å². The Bertz CT molecular complexity index is 1550. The Morgan fingerprint density at radius 2 is 1.89 bits per heavy atom. The van der Waals surface area contributed by atoms with Crippen LogP contribution in [0.1, 0.15) is 33.5 Å². The summed E-state index contributed by atoms with van der Waals surface area (Å²) in [6, 6.07) is 22.3. The molecule has 2 heterocycles. The molecule has 0 aliphatic carbocycles. The van der Waals surface area contributed by atoms with Crippen molar-refractivity contribution in [3.8, 4) is 6.07 Å². The van der Waals surface area contributed by atoms with Gasteiger partial charge in [-0.05, 0) is 67.3 Å². The number of sulfonamides is 1. The number of aromatic amines is 1. The van der Waals surface area contributed by atoms with Crippen molar-refractivity contribution >= 4 is 28.1 Å². The number of hydrogen-bond donors (Lipinski definition) is 1. The van der Waals surface area contributed by atoms with Gasteiger partial charge < -0.3 is 9.88 Å². The number of hydrogen-bond acceptors (Lipinski definition) is 5. The SMILES string of the molecule is Cc1ccc(C)c(CN(C2Cc3cc(C#N)ccc3N(Cc3cnc[nH]3)C2)S(=O)(=O)c2ccccc2)c1.Cl. The Labute approximate surface area is 230 Å². The highest BCUT2D eigenvalue weighted by Crippen LogP contribution is 2.34. The molecule has 1 aliphatic heterocycles. The molecule has 1 unspecified atom stereocenters. The van der Waals surface area contributed by atoms with E-state index in [-0.39, 0.29) is 29.9 Å². The van der Waals surface area contributed by atoms with E-state index >= 15 is 0 Å². The number of nitrogens with one attached hydrogen (secondary N) is 1. The number of aromatic nitrogens is 2. The molecule has 4 aromatic rings. The summed E-state index contributed by atoms with van der Waals surface area (Å²) in [5.41, 5.74) is 6.59. The molecule has 0 amide bonds. The largest absolute Gasteiger partial charge is 0.364 e. The van der Waals surface area contributed by atoms with E-state index in [4.69, 9.17) is 0 Å². The summed E-state index contributed by atoms with van der Waals surface area (Å²) in [7, 11) is -3.81. The fourth-order valence-electron chi connectivity index (χ4n) is 4.99. The number of halogens is 1. The molecule has 1 aliphatic rings. The van der Waals surface area contributed by atoms with Gasteiger partial charge in [0.2, 0.25) is 10.0 Å². The smallest absolute Gasteiger partial charge is 0.243 e. The monoisotopic (exact) mass is 547 g/mol. The Morgan fingerprint density at radius 1 is 1.11 bits per heavy atom. The van der Waals surface area contributed by atoms with Gasteiger partial charge in [-0.25, -0.2) is 13.4 Å². The number of imidazole rings is 1. The molecule has 0 bridgehead atoms. The Kier molecular flexibility index (Phi) is 8.22. The summed E-state index contributed by atoms with van der Waals surface area (Å²) in [4.78, 5) is 9.75. The molecule has 0 spiro atoms. The zero-order valence-electron chi connectivity index (χ0n) is 21.3. The van der Waals surface area contributed by atoms with Gasteiger partial charge >= 0.3 is 0 Å². The molecule has 38 heavy (non-hydrogen) atoms. The maximum absolute atomic E-state index is 14.1. The number of aryl methyl sites for hydroxylation is 2. The van der Waals surface area contributed by atoms with Crippen molar-refractivity contribution in [3.63, 3.8) is 0 Å². The molecular formula is C29H30ClN5O2S. The molecule has 7 nitrogen and oxygen atoms in total. The van der Waals surface area contributed by atoms with Gasteiger partial charge in [0.05, 0.1) is 35.1 Å². The van der Waals surface area contributed by atoms with E-state index in [0.717, 1.165) is 33.6 Å². The minimum absolute atomic E-state index is 0. The van der Waals surface area contributed by atoms with Crippen LogP contribution < -0.4 is 4.90 Å². The first-order valence-electron chi connectivity index (χ1n) is 12.2. The van der Waals surface area contributed by atoms with Crippen LogP contribution in [0.15, 0.2) is 84.1 Å². The van der Waals surface area contributed by atoms with Gasteiger partial charge in [-0.3, -0.25) is 0 Å². The van der Waals surface area contributed by atoms with Crippen LogP contribution in [0.5, 0.6) is 0 Å². The zero-order valence-corrected chi connectivity index (χ0v) is 23.0. The molecule has 1 N–H and O–H groups in total. The van der Waals surface area contributed by atoms with Crippen LogP contribution in [0.25, 0.3) is 0 Å². The number of nitrogens with zero attached hydrogens (tertiary/aromatic N) is 4. The van der Waals surface area contributed by atoms with Gasteiger partial charge in [0.25, 0.3) is 0 Å². The van der Waals surface area contributed by atoms with Crippen molar-refractivity contribution in [3.05, 3.63) is 113 Å². The summed E-state index contributed by atoms with van der Waals surface area (Å²) in [5, 5.41) is 9.53. The highest BCUT2D eigenvalue weighted by Gasteiger charge is 2.36. The lowest BCUT2D eigenvalue weighted by Crippen LogP contribution is -2.50. The predicted octanol–water partition coefficient (Wildman–Crippen LogP) is 5.14. The molecule has 0 saturated heterocycles. The normalized spacial score (nSPS) is 15.0. The third kappa shape index (κ3) is 5.60. The number of anilines is 1. The third-order valence-electron chi connectivity index (χ3n) is 6.94. The lowest BCUT2D eigenvalue weighted by Gasteiger charge is -2.41. The average Bonchev–Trinajstić information content (AvgIpc) is 3.42. The second kappa shape index (κ2) is 11.4. The van der Waals surface area contributed by atoms with Gasteiger partial charge in [0.15, 0.2) is 0 Å². The topological polar surface area (TPSA) is 93.1 Å². The maximum Gasteiger partial charge on any atom is 0.243 e. The van der Waals surface area contributed by atoms with Gasteiger partial charge in [0.1, 0.15) is 0 Å². The van der Waals surface area contributed by atoms with Crippen molar-refractivity contribution in [1.82, 2.24) is 14.3 Å². The first-order valence-corrected chi connectivity index (χ1v) is 13.7. The summed E-state index contributed by atoms with van der Waals surface area (Å²) in [5.74, 6) is 0. The van der Waals surface area contributed by atoms with E-state index in [1.54, 1.807) is 41.1 Å². The van der Waals surface area contributed by atoms with Crippen LogP contribution in [0.4, 0.5) is 5.69 Å². The summed E-state index contributed by atoms with van der Waals surface area (Å²) < 4.78 is 29.9. The number of fused-ring (bicyclic) bond motifs is 1. The lowest BCUT2D eigenvalue weighted by atomic mass is 9.95. The number of benzene rings is 3. The van der Waals surface area contributed by atoms with Crippen molar-refractivity contribution < 1.29 is 8.42 Å². The first-order chi connectivity index (χ1) is 17.8. The number of nitriles is 1. The van der Waals surface area contributed by atoms with Crippen LogP contribution in [0, 0.1) is 25.2 Å². The number of H-pyrrole nitrogens is 1. The summed E-state index contributed by atoms with van der Waals surface area (Å²) >= 11 is 0. The Hall–Kier alpha value is -3.64. The zero-order chi connectivity index (χ0) is 26.0. The highest BCUT2D eigenvalue weighted by molar-refractivity contribution is 7.89. The van der Waals surface area contributed by atoms with Gasteiger partial charge in [-0.15, -0.1) is 12.4 Å². The summed E-state index contributed by atoms with van der Waals surface area (Å²) in [6.45, 7) is 5.36. The molecule has 0 radical (unpaired) electrons. The van der Waals surface area contributed by atoms with Crippen molar-refractivity contribution in [1.29, 1.82) is 5.26 Å². The quantitative estimate of drug-likeness (QED) is 0.346. The molecule has 1 aromatic heterocycles. The van der Waals surface area contributed by atoms with Crippen LogP contribution in [-0.4, -0.2) is 35.3 Å². The molecule has 5 rings (SSSR count). The second-order valence-electron chi connectivity index (χ2n) is 9.56. The van der Waals surface area contributed by atoms with E-state index in [0.29, 0.717) is 25.1 Å². The minimum Gasteiger partial charge on any atom is -0.364 e. The average molecular weight is 548 g/mol. The molecule has 9 heteroatoms. The molecule has 196 valence electrons.